The van der Waals surface area contributed by atoms with E-state index < -0.39 is 60.2 Å². The highest BCUT2D eigenvalue weighted by Crippen LogP contribution is 2.41. The van der Waals surface area contributed by atoms with E-state index >= 15 is 8.78 Å². The first-order chi connectivity index (χ1) is 35.6. The molecule has 6 aromatic rings. The summed E-state index contributed by atoms with van der Waals surface area (Å²) in [6.07, 6.45) is 5.93. The van der Waals surface area contributed by atoms with Gasteiger partial charge in [-0.2, -0.15) is 0 Å². The number of anilines is 6. The lowest BCUT2D eigenvalue weighted by molar-refractivity contribution is -0.143. The van der Waals surface area contributed by atoms with E-state index in [0.29, 0.717) is 43.8 Å². The number of aryl methyl sites for hydroxylation is 2. The van der Waals surface area contributed by atoms with E-state index in [2.05, 4.69) is 41.2 Å². The molecule has 22 heteroatoms. The van der Waals surface area contributed by atoms with Crippen LogP contribution < -0.4 is 32.7 Å². The maximum atomic E-state index is 15.4. The molecule has 18 nitrogen and oxygen atoms in total. The van der Waals surface area contributed by atoms with E-state index in [9.17, 15) is 28.0 Å². The van der Waals surface area contributed by atoms with Crippen molar-refractivity contribution < 1.29 is 46.2 Å². The highest BCUT2D eigenvalue weighted by Gasteiger charge is 2.49. The molecule has 4 aliphatic heterocycles. The normalized spacial score (nSPS) is 20.6. The Labute approximate surface area is 421 Å². The SMILES string of the molecule is Cc1c(-c2cc3cc(NC(=O)OC4CN(C(=O)[C@@H]5C[C@H]5F)C4)ncc3c(N)c2F)cnc2c1NCCC2.Cc1c(-c2cc3cc(NC(=O)OC4CN(C(=O)[C@H]5C[C@@H]5F)C4)ncc3c(N)c2F)cnc2c1NCCC2. The maximum absolute atomic E-state index is 15.4. The van der Waals surface area contributed by atoms with Crippen LogP contribution in [-0.4, -0.2) is 118 Å². The molecular formula is C52H52F4N12O6. The van der Waals surface area contributed by atoms with Crippen molar-refractivity contribution in [2.45, 2.75) is 76.9 Å². The highest BCUT2D eigenvalue weighted by molar-refractivity contribution is 6.01. The van der Waals surface area contributed by atoms with Gasteiger partial charge in [0, 0.05) is 70.9 Å². The number of fused-ring (bicyclic) bond motifs is 4. The average Bonchev–Trinajstić information content (AvgIpc) is 4.30. The van der Waals surface area contributed by atoms with Crippen LogP contribution in [0.4, 0.5) is 61.5 Å². The van der Waals surface area contributed by atoms with Gasteiger partial charge in [-0.15, -0.1) is 0 Å². The Morgan fingerprint density at radius 1 is 0.608 bits per heavy atom. The summed E-state index contributed by atoms with van der Waals surface area (Å²) in [4.78, 5) is 69.1. The molecule has 2 saturated carbocycles. The fourth-order valence-electron chi connectivity index (χ4n) is 10.0. The molecule has 4 aromatic heterocycles. The Morgan fingerprint density at radius 2 is 1.00 bits per heavy atom. The molecule has 6 aliphatic rings. The van der Waals surface area contributed by atoms with Crippen LogP contribution in [0.2, 0.25) is 0 Å². The number of nitrogens with one attached hydrogen (secondary N) is 4. The molecule has 0 spiro atoms. The number of hydrogen-bond donors (Lipinski definition) is 6. The van der Waals surface area contributed by atoms with Crippen molar-refractivity contribution in [3.05, 3.63) is 83.2 Å². The molecule has 0 unspecified atom stereocenters. The smallest absolute Gasteiger partial charge is 0.413 e. The fraction of sp³-hybridized carbons (Fsp3) is 0.385. The molecule has 2 saturated heterocycles. The number of carbonyl (C=O) groups is 4. The van der Waals surface area contributed by atoms with Crippen molar-refractivity contribution in [3.8, 4) is 22.3 Å². The second-order valence-corrected chi connectivity index (χ2v) is 19.7. The van der Waals surface area contributed by atoms with Crippen LogP contribution in [0.1, 0.15) is 48.2 Å². The minimum absolute atomic E-state index is 0.0374. The third kappa shape index (κ3) is 9.21. The van der Waals surface area contributed by atoms with E-state index in [1.54, 1.807) is 36.7 Å². The average molecular weight is 1020 g/mol. The molecule has 2 aromatic carbocycles. The number of hydrogen-bond acceptors (Lipinski definition) is 14. The van der Waals surface area contributed by atoms with Gasteiger partial charge in [-0.3, -0.25) is 30.2 Å². The van der Waals surface area contributed by atoms with Gasteiger partial charge in [0.05, 0.1) is 72.2 Å². The first kappa shape index (κ1) is 48.2. The second kappa shape index (κ2) is 19.1. The molecule has 74 heavy (non-hydrogen) atoms. The lowest BCUT2D eigenvalue weighted by atomic mass is 9.95. The van der Waals surface area contributed by atoms with Crippen LogP contribution in [0.15, 0.2) is 49.1 Å². The van der Waals surface area contributed by atoms with Crippen LogP contribution in [0.25, 0.3) is 43.8 Å². The van der Waals surface area contributed by atoms with Crippen LogP contribution in [0.5, 0.6) is 0 Å². The minimum Gasteiger partial charge on any atom is -0.442 e. The zero-order chi connectivity index (χ0) is 51.7. The number of benzene rings is 2. The van der Waals surface area contributed by atoms with Gasteiger partial charge in [-0.1, -0.05) is 0 Å². The number of aromatic nitrogens is 4. The van der Waals surface area contributed by atoms with Crippen LogP contribution in [0, 0.1) is 37.3 Å². The number of carbonyl (C=O) groups excluding carboxylic acids is 4. The molecule has 0 radical (unpaired) electrons. The zero-order valence-corrected chi connectivity index (χ0v) is 40.4. The summed E-state index contributed by atoms with van der Waals surface area (Å²) < 4.78 is 67.5. The number of nitrogen functional groups attached to an aromatic ring is 2. The topological polar surface area (TPSA) is 245 Å². The van der Waals surface area contributed by atoms with E-state index in [4.69, 9.17) is 20.9 Å². The third-order valence-corrected chi connectivity index (χ3v) is 14.6. The quantitative estimate of drug-likeness (QED) is 0.0635. The first-order valence-corrected chi connectivity index (χ1v) is 24.6. The number of ether oxygens (including phenoxy) is 2. The molecule has 12 rings (SSSR count). The lowest BCUT2D eigenvalue weighted by Gasteiger charge is -2.38. The molecule has 0 bridgehead atoms. The number of amides is 4. The number of alkyl halides is 2. The van der Waals surface area contributed by atoms with E-state index in [-0.39, 0.29) is 73.8 Å². The van der Waals surface area contributed by atoms with Crippen molar-refractivity contribution in [3.63, 3.8) is 0 Å². The number of rotatable bonds is 8. The van der Waals surface area contributed by atoms with Crippen molar-refractivity contribution in [1.82, 2.24) is 29.7 Å². The van der Waals surface area contributed by atoms with Crippen LogP contribution in [-0.2, 0) is 31.9 Å². The minimum atomic E-state index is -1.05. The van der Waals surface area contributed by atoms with E-state index in [1.807, 2.05) is 13.8 Å². The van der Waals surface area contributed by atoms with E-state index in [1.165, 1.54) is 22.2 Å². The maximum Gasteiger partial charge on any atom is 0.413 e. The van der Waals surface area contributed by atoms with Crippen molar-refractivity contribution in [1.29, 1.82) is 0 Å². The predicted molar refractivity (Wildman–Crippen MR) is 269 cm³/mol. The van der Waals surface area contributed by atoms with Crippen LogP contribution >= 0.6 is 0 Å². The summed E-state index contributed by atoms with van der Waals surface area (Å²) in [6.45, 7) is 6.49. The summed E-state index contributed by atoms with van der Waals surface area (Å²) in [6, 6.07) is 6.54. The molecule has 4 atom stereocenters. The van der Waals surface area contributed by atoms with Gasteiger partial charge < -0.3 is 41.4 Å². The number of halogens is 4. The van der Waals surface area contributed by atoms with Gasteiger partial charge in [0.15, 0.2) is 11.6 Å². The van der Waals surface area contributed by atoms with Crippen molar-refractivity contribution in [2.24, 2.45) is 11.8 Å². The highest BCUT2D eigenvalue weighted by atomic mass is 19.1. The summed E-state index contributed by atoms with van der Waals surface area (Å²) >= 11 is 0. The summed E-state index contributed by atoms with van der Waals surface area (Å²) in [5, 5.41) is 13.9. The third-order valence-electron chi connectivity index (χ3n) is 14.6. The lowest BCUT2D eigenvalue weighted by Crippen LogP contribution is -2.56. The second-order valence-electron chi connectivity index (χ2n) is 19.7. The number of nitrogens with two attached hydrogens (primary N) is 2. The van der Waals surface area contributed by atoms with Crippen molar-refractivity contribution in [2.75, 3.05) is 72.0 Å². The van der Waals surface area contributed by atoms with Gasteiger partial charge in [0.1, 0.15) is 36.2 Å². The predicted octanol–water partition coefficient (Wildman–Crippen LogP) is 7.60. The molecule has 2 aliphatic carbocycles. The Morgan fingerprint density at radius 3 is 1.38 bits per heavy atom. The number of likely N-dealkylation sites (tertiary alicyclic amines) is 2. The van der Waals surface area contributed by atoms with Gasteiger partial charge in [-0.05, 0) is 98.5 Å². The van der Waals surface area contributed by atoms with Gasteiger partial charge in [0.25, 0.3) is 0 Å². The summed E-state index contributed by atoms with van der Waals surface area (Å²) in [5.41, 5.74) is 19.7. The standard InChI is InChI=1S/2C26H26F2N6O3/c2*1-12-17(8-31-20-3-2-4-30-24(12)20)15-5-13-6-21(32-9-18(13)23(29)22(15)28)33-26(36)37-14-10-34(11-14)25(35)16-7-19(16)27/h2*5-6,8-9,14,16,19,30H,2-4,7,10-11,29H2,1H3,(H,32,33,36)/t2*16-,19-/m10/s1. The number of nitrogens with zero attached hydrogens (tertiary/aromatic N) is 6. The fourth-order valence-corrected chi connectivity index (χ4v) is 10.0. The first-order valence-electron chi connectivity index (χ1n) is 24.6. The van der Waals surface area contributed by atoms with Gasteiger partial charge in [-0.25, -0.2) is 37.1 Å². The largest absolute Gasteiger partial charge is 0.442 e. The van der Waals surface area contributed by atoms with E-state index in [0.717, 1.165) is 72.7 Å². The molecule has 8 N–H and O–H groups in total. The monoisotopic (exact) mass is 1020 g/mol. The summed E-state index contributed by atoms with van der Waals surface area (Å²) in [5.74, 6) is -2.24. The van der Waals surface area contributed by atoms with Crippen LogP contribution in [0.3, 0.4) is 0 Å². The number of pyridine rings is 4. The Kier molecular flexibility index (Phi) is 12.4. The molecule has 4 fully saturated rings. The Balaban J connectivity index is 0.000000159. The zero-order valence-electron chi connectivity index (χ0n) is 40.4. The molecule has 384 valence electrons. The van der Waals surface area contributed by atoms with Gasteiger partial charge in [0.2, 0.25) is 11.8 Å². The Bertz CT molecular complexity index is 3100. The molecular weight excluding hydrogens is 965 g/mol. The van der Waals surface area contributed by atoms with Gasteiger partial charge >= 0.3 is 12.2 Å². The molecule has 4 amide bonds. The summed E-state index contributed by atoms with van der Waals surface area (Å²) in [7, 11) is 0. The molecule has 8 heterocycles. The van der Waals surface area contributed by atoms with Crippen molar-refractivity contribution >= 4 is 79.9 Å². The Hall–Kier alpha value is -8.04.